The molecule has 0 aliphatic heterocycles. The smallest absolute Gasteiger partial charge is 0.207 e. The molecule has 0 bridgehead atoms. The van der Waals surface area contributed by atoms with Crippen LogP contribution in [0.1, 0.15) is 25.7 Å². The van der Waals surface area contributed by atoms with E-state index in [1.54, 1.807) is 6.07 Å². The van der Waals surface area contributed by atoms with Crippen molar-refractivity contribution in [1.82, 2.24) is 0 Å². The van der Waals surface area contributed by atoms with Gasteiger partial charge >= 0.3 is 0 Å². The van der Waals surface area contributed by atoms with Gasteiger partial charge in [-0.15, -0.1) is 11.3 Å². The van der Waals surface area contributed by atoms with Crippen molar-refractivity contribution in [2.24, 2.45) is 0 Å². The molecule has 0 radical (unpaired) electrons. The normalized spacial score (nSPS) is 10.6. The molecule has 0 unspecified atom stereocenters. The van der Waals surface area contributed by atoms with Crippen LogP contribution in [0.5, 0.6) is 0 Å². The lowest BCUT2D eigenvalue weighted by atomic mass is 10.1. The van der Waals surface area contributed by atoms with Gasteiger partial charge in [0.05, 0.1) is 16.7 Å². The first-order chi connectivity index (χ1) is 7.09. The van der Waals surface area contributed by atoms with E-state index in [4.69, 9.17) is 4.42 Å². The molecule has 0 saturated heterocycles. The van der Waals surface area contributed by atoms with Crippen molar-refractivity contribution in [2.45, 2.75) is 13.8 Å². The van der Waals surface area contributed by atoms with Crippen molar-refractivity contribution in [3.8, 4) is 0 Å². The Hall–Kier alpha value is -0.870. The van der Waals surface area contributed by atoms with Crippen LogP contribution in [0.4, 0.5) is 0 Å². The highest BCUT2D eigenvalue weighted by Crippen LogP contribution is 2.27. The summed E-state index contributed by atoms with van der Waals surface area (Å²) in [5.74, 6) is 0.0197. The number of thiophene rings is 1. The minimum Gasteiger partial charge on any atom is -0.457 e. The van der Waals surface area contributed by atoms with Gasteiger partial charge in [0.2, 0.25) is 5.78 Å². The van der Waals surface area contributed by atoms with E-state index in [0.29, 0.717) is 10.2 Å². The lowest BCUT2D eigenvalue weighted by Gasteiger charge is -1.96. The van der Waals surface area contributed by atoms with Gasteiger partial charge in [-0.3, -0.25) is 4.79 Å². The van der Waals surface area contributed by atoms with Gasteiger partial charge in [-0.1, -0.05) is 0 Å². The molecule has 0 aliphatic rings. The van der Waals surface area contributed by atoms with Gasteiger partial charge in [-0.2, -0.15) is 0 Å². The second kappa shape index (κ2) is 3.94. The van der Waals surface area contributed by atoms with Crippen LogP contribution in [0.25, 0.3) is 0 Å². The summed E-state index contributed by atoms with van der Waals surface area (Å²) in [7, 11) is 0. The van der Waals surface area contributed by atoms with E-state index in [-0.39, 0.29) is 5.78 Å². The second-order valence-electron chi connectivity index (χ2n) is 3.31. The maximum absolute atomic E-state index is 12.1. The summed E-state index contributed by atoms with van der Waals surface area (Å²) < 4.78 is 5.55. The predicted octanol–water partition coefficient (Wildman–Crippen LogP) is 3.95. The third kappa shape index (κ3) is 1.92. The van der Waals surface area contributed by atoms with Crippen LogP contribution in [-0.4, -0.2) is 5.78 Å². The van der Waals surface area contributed by atoms with Crippen molar-refractivity contribution in [2.75, 3.05) is 0 Å². The van der Waals surface area contributed by atoms with Crippen LogP contribution in [0.15, 0.2) is 27.5 Å². The maximum atomic E-state index is 12.1. The highest BCUT2D eigenvalue weighted by Gasteiger charge is 2.18. The zero-order valence-corrected chi connectivity index (χ0v) is 10.7. The Morgan fingerprint density at radius 3 is 2.67 bits per heavy atom. The highest BCUT2D eigenvalue weighted by molar-refractivity contribution is 9.10. The zero-order valence-electron chi connectivity index (χ0n) is 8.33. The summed E-state index contributed by atoms with van der Waals surface area (Å²) in [6, 6.07) is 3.70. The summed E-state index contributed by atoms with van der Waals surface area (Å²) in [4.78, 5) is 14.0. The molecule has 4 heteroatoms. The molecule has 0 amide bonds. The Labute approximate surface area is 100 Å². The molecule has 0 N–H and O–H groups in total. The summed E-state index contributed by atoms with van der Waals surface area (Å²) in [5, 5.41) is 0. The summed E-state index contributed by atoms with van der Waals surface area (Å²) in [6.07, 6.45) is 1.51. The lowest BCUT2D eigenvalue weighted by Crippen LogP contribution is -1.99. The van der Waals surface area contributed by atoms with E-state index in [2.05, 4.69) is 15.9 Å². The third-order valence-electron chi connectivity index (χ3n) is 2.11. The first-order valence-corrected chi connectivity index (χ1v) is 6.05. The quantitative estimate of drug-likeness (QED) is 0.782. The first kappa shape index (κ1) is 10.6. The van der Waals surface area contributed by atoms with E-state index in [1.165, 1.54) is 17.6 Å². The maximum Gasteiger partial charge on any atom is 0.207 e. The molecule has 0 saturated carbocycles. The molecule has 2 heterocycles. The molecule has 0 aliphatic carbocycles. The van der Waals surface area contributed by atoms with Crippen LogP contribution < -0.4 is 0 Å². The topological polar surface area (TPSA) is 30.2 Å². The monoisotopic (exact) mass is 284 g/mol. The van der Waals surface area contributed by atoms with Gasteiger partial charge in [0.15, 0.2) is 4.67 Å². The highest BCUT2D eigenvalue weighted by atomic mass is 79.9. The van der Waals surface area contributed by atoms with Crippen molar-refractivity contribution >= 4 is 33.0 Å². The molecule has 0 aromatic carbocycles. The largest absolute Gasteiger partial charge is 0.457 e. The number of carbonyl (C=O) groups excluding carboxylic acids is 1. The van der Waals surface area contributed by atoms with E-state index in [1.807, 2.05) is 19.9 Å². The SMILES string of the molecule is Cc1cc(C)c(C(=O)c2ccoc2Br)s1. The Morgan fingerprint density at radius 2 is 2.20 bits per heavy atom. The Kier molecular flexibility index (Phi) is 2.80. The van der Waals surface area contributed by atoms with Gasteiger partial charge in [0.1, 0.15) is 0 Å². The molecule has 2 aromatic heterocycles. The second-order valence-corrected chi connectivity index (χ2v) is 5.28. The van der Waals surface area contributed by atoms with E-state index < -0.39 is 0 Å². The Bertz CT molecular complexity index is 510. The summed E-state index contributed by atoms with van der Waals surface area (Å²) >= 11 is 4.73. The Morgan fingerprint density at radius 1 is 1.47 bits per heavy atom. The molecule has 0 fully saturated rings. The van der Waals surface area contributed by atoms with Gasteiger partial charge in [-0.25, -0.2) is 0 Å². The van der Waals surface area contributed by atoms with Crippen LogP contribution >= 0.6 is 27.3 Å². The average molecular weight is 285 g/mol. The predicted molar refractivity (Wildman–Crippen MR) is 63.6 cm³/mol. The molecule has 15 heavy (non-hydrogen) atoms. The summed E-state index contributed by atoms with van der Waals surface area (Å²) in [5.41, 5.74) is 1.61. The van der Waals surface area contributed by atoms with Crippen LogP contribution in [0, 0.1) is 13.8 Å². The van der Waals surface area contributed by atoms with Crippen molar-refractivity contribution < 1.29 is 9.21 Å². The number of ketones is 1. The number of carbonyl (C=O) groups is 1. The zero-order chi connectivity index (χ0) is 11.0. The van der Waals surface area contributed by atoms with Gasteiger partial charge in [0.25, 0.3) is 0 Å². The molecular weight excluding hydrogens is 276 g/mol. The van der Waals surface area contributed by atoms with Crippen molar-refractivity contribution in [3.05, 3.63) is 43.9 Å². The standard InChI is InChI=1S/C11H9BrO2S/c1-6-5-7(2)15-10(6)9(13)8-3-4-14-11(8)12/h3-5H,1-2H3. The fourth-order valence-electron chi connectivity index (χ4n) is 1.44. The number of hydrogen-bond acceptors (Lipinski definition) is 3. The number of hydrogen-bond donors (Lipinski definition) is 0. The van der Waals surface area contributed by atoms with Crippen LogP contribution in [-0.2, 0) is 0 Å². The summed E-state index contributed by atoms with van der Waals surface area (Å²) in [6.45, 7) is 3.95. The average Bonchev–Trinajstić information content (AvgIpc) is 2.71. The van der Waals surface area contributed by atoms with Crippen LogP contribution in [0.3, 0.4) is 0 Å². The van der Waals surface area contributed by atoms with Gasteiger partial charge < -0.3 is 4.42 Å². The minimum absolute atomic E-state index is 0.0197. The van der Waals surface area contributed by atoms with Gasteiger partial charge in [0, 0.05) is 4.88 Å². The third-order valence-corrected chi connectivity index (χ3v) is 3.88. The fourth-order valence-corrected chi connectivity index (χ4v) is 2.85. The molecular formula is C11H9BrO2S. The number of rotatable bonds is 2. The molecule has 78 valence electrons. The lowest BCUT2D eigenvalue weighted by molar-refractivity contribution is 0.104. The molecule has 2 rings (SSSR count). The molecule has 0 atom stereocenters. The first-order valence-electron chi connectivity index (χ1n) is 4.44. The number of aryl methyl sites for hydroxylation is 2. The molecule has 0 spiro atoms. The molecule has 2 nitrogen and oxygen atoms in total. The molecule has 2 aromatic rings. The van der Waals surface area contributed by atoms with E-state index in [9.17, 15) is 4.79 Å². The van der Waals surface area contributed by atoms with Crippen LogP contribution in [0.2, 0.25) is 0 Å². The van der Waals surface area contributed by atoms with Crippen molar-refractivity contribution in [3.63, 3.8) is 0 Å². The number of furan rings is 1. The van der Waals surface area contributed by atoms with E-state index >= 15 is 0 Å². The number of halogens is 1. The van der Waals surface area contributed by atoms with Crippen molar-refractivity contribution in [1.29, 1.82) is 0 Å². The van der Waals surface area contributed by atoms with E-state index in [0.717, 1.165) is 15.3 Å². The Balaban J connectivity index is 2.45. The fraction of sp³-hybridized carbons (Fsp3) is 0.182. The minimum atomic E-state index is 0.0197. The van der Waals surface area contributed by atoms with Gasteiger partial charge in [-0.05, 0) is 47.5 Å².